The minimum atomic E-state index is -0.487. The number of non-ortho nitro benzene ring substituents is 1. The zero-order chi connectivity index (χ0) is 14.1. The zero-order valence-electron chi connectivity index (χ0n) is 10.4. The van der Waals surface area contributed by atoms with Crippen LogP contribution < -0.4 is 0 Å². The van der Waals surface area contributed by atoms with Gasteiger partial charge in [-0.05, 0) is 17.7 Å². The smallest absolute Gasteiger partial charge is 0.269 e. The van der Waals surface area contributed by atoms with E-state index in [2.05, 4.69) is 0 Å². The van der Waals surface area contributed by atoms with Gasteiger partial charge in [0, 0.05) is 17.7 Å². The van der Waals surface area contributed by atoms with Gasteiger partial charge in [0.1, 0.15) is 6.10 Å². The molecule has 3 rings (SSSR count). The summed E-state index contributed by atoms with van der Waals surface area (Å²) in [6.07, 6.45) is -0.789. The Morgan fingerprint density at radius 1 is 1.05 bits per heavy atom. The predicted molar refractivity (Wildman–Crippen MR) is 71.5 cm³/mol. The second-order valence-corrected chi connectivity index (χ2v) is 4.56. The average molecular weight is 269 g/mol. The molecule has 0 aliphatic carbocycles. The number of hydrogen-bond acceptors (Lipinski definition) is 4. The number of Topliss-reactive ketones (excluding diaryl/α,β-unsaturated/α-hetero) is 1. The third-order valence-corrected chi connectivity index (χ3v) is 3.24. The summed E-state index contributed by atoms with van der Waals surface area (Å²) in [6, 6.07) is 15.0. The Morgan fingerprint density at radius 2 is 1.70 bits per heavy atom. The maximum atomic E-state index is 12.1. The number of ether oxygens (including phenoxy) is 1. The molecule has 0 amide bonds. The minimum absolute atomic E-state index is 0.0281. The van der Waals surface area contributed by atoms with Crippen LogP contribution in [0, 0.1) is 10.1 Å². The van der Waals surface area contributed by atoms with Gasteiger partial charge in [0.15, 0.2) is 11.9 Å². The highest BCUT2D eigenvalue weighted by atomic mass is 16.6. The highest BCUT2D eigenvalue weighted by Crippen LogP contribution is 2.40. The van der Waals surface area contributed by atoms with Gasteiger partial charge in [0.25, 0.3) is 5.69 Å². The van der Waals surface area contributed by atoms with Crippen molar-refractivity contribution in [3.05, 3.63) is 75.8 Å². The Hall–Kier alpha value is -2.53. The van der Waals surface area contributed by atoms with E-state index in [1.807, 2.05) is 6.07 Å². The molecule has 2 atom stereocenters. The summed E-state index contributed by atoms with van der Waals surface area (Å²) in [4.78, 5) is 22.3. The topological polar surface area (TPSA) is 72.7 Å². The number of epoxide rings is 1. The van der Waals surface area contributed by atoms with E-state index in [1.54, 1.807) is 36.4 Å². The molecule has 0 unspecified atom stereocenters. The molecule has 0 spiro atoms. The van der Waals surface area contributed by atoms with E-state index in [9.17, 15) is 14.9 Å². The average Bonchev–Trinajstić information content (AvgIpc) is 3.28. The van der Waals surface area contributed by atoms with E-state index in [-0.39, 0.29) is 17.6 Å². The molecule has 2 aromatic carbocycles. The first-order chi connectivity index (χ1) is 9.66. The van der Waals surface area contributed by atoms with Crippen molar-refractivity contribution >= 4 is 11.5 Å². The van der Waals surface area contributed by atoms with Crippen LogP contribution in [0.15, 0.2) is 54.6 Å². The molecule has 1 saturated heterocycles. The second kappa shape index (κ2) is 4.86. The van der Waals surface area contributed by atoms with Gasteiger partial charge >= 0.3 is 0 Å². The Kier molecular flexibility index (Phi) is 3.04. The SMILES string of the molecule is O=C(c1ccccc1)[C@@H]1O[C@@H]1c1ccc([N+](=O)[O-])cc1. The largest absolute Gasteiger partial charge is 0.356 e. The van der Waals surface area contributed by atoms with E-state index < -0.39 is 11.0 Å². The molecule has 0 aromatic heterocycles. The number of ketones is 1. The molecule has 5 heteroatoms. The van der Waals surface area contributed by atoms with Gasteiger partial charge in [0.2, 0.25) is 0 Å². The van der Waals surface area contributed by atoms with Crippen molar-refractivity contribution in [1.82, 2.24) is 0 Å². The minimum Gasteiger partial charge on any atom is -0.356 e. The second-order valence-electron chi connectivity index (χ2n) is 4.56. The molecule has 1 aliphatic rings. The van der Waals surface area contributed by atoms with E-state index >= 15 is 0 Å². The highest BCUT2D eigenvalue weighted by molar-refractivity contribution is 6.01. The first-order valence-corrected chi connectivity index (χ1v) is 6.16. The summed E-state index contributed by atoms with van der Waals surface area (Å²) in [5.74, 6) is -0.0612. The van der Waals surface area contributed by atoms with Crippen LogP contribution in [-0.2, 0) is 4.74 Å². The normalized spacial score (nSPS) is 20.4. The van der Waals surface area contributed by atoms with E-state index in [4.69, 9.17) is 4.74 Å². The van der Waals surface area contributed by atoms with Crippen LogP contribution >= 0.6 is 0 Å². The Labute approximate surface area is 115 Å². The number of nitro benzene ring substituents is 1. The van der Waals surface area contributed by atoms with E-state index in [0.717, 1.165) is 5.56 Å². The molecular weight excluding hydrogens is 258 g/mol. The van der Waals surface area contributed by atoms with Crippen LogP contribution in [0.3, 0.4) is 0 Å². The maximum Gasteiger partial charge on any atom is 0.269 e. The highest BCUT2D eigenvalue weighted by Gasteiger charge is 2.46. The third-order valence-electron chi connectivity index (χ3n) is 3.24. The lowest BCUT2D eigenvalue weighted by atomic mass is 10.0. The lowest BCUT2D eigenvalue weighted by molar-refractivity contribution is -0.384. The molecule has 20 heavy (non-hydrogen) atoms. The summed E-state index contributed by atoms with van der Waals surface area (Å²) >= 11 is 0. The maximum absolute atomic E-state index is 12.1. The van der Waals surface area contributed by atoms with Crippen molar-refractivity contribution in [2.45, 2.75) is 12.2 Å². The zero-order valence-corrected chi connectivity index (χ0v) is 10.4. The molecule has 2 aromatic rings. The van der Waals surface area contributed by atoms with Gasteiger partial charge in [0.05, 0.1) is 4.92 Å². The summed E-state index contributed by atoms with van der Waals surface area (Å²) in [6.45, 7) is 0. The molecule has 0 radical (unpaired) electrons. The number of rotatable bonds is 4. The van der Waals surface area contributed by atoms with Crippen LogP contribution in [0.1, 0.15) is 22.0 Å². The fourth-order valence-corrected chi connectivity index (χ4v) is 2.12. The van der Waals surface area contributed by atoms with Crippen LogP contribution in [0.25, 0.3) is 0 Å². The summed E-state index contributed by atoms with van der Waals surface area (Å²) in [7, 11) is 0. The molecule has 5 nitrogen and oxygen atoms in total. The van der Waals surface area contributed by atoms with Crippen molar-refractivity contribution in [2.24, 2.45) is 0 Å². The fraction of sp³-hybridized carbons (Fsp3) is 0.133. The monoisotopic (exact) mass is 269 g/mol. The van der Waals surface area contributed by atoms with Gasteiger partial charge in [-0.2, -0.15) is 0 Å². The first kappa shape index (κ1) is 12.5. The number of benzene rings is 2. The molecule has 0 N–H and O–H groups in total. The lowest BCUT2D eigenvalue weighted by Gasteiger charge is -1.97. The number of nitro groups is 1. The Balaban J connectivity index is 1.73. The molecular formula is C15H11NO4. The lowest BCUT2D eigenvalue weighted by Crippen LogP contribution is -2.07. The number of hydrogen-bond donors (Lipinski definition) is 0. The van der Waals surface area contributed by atoms with Gasteiger partial charge < -0.3 is 4.74 Å². The molecule has 1 heterocycles. The Bertz CT molecular complexity index is 651. The molecule has 0 saturated carbocycles. The third kappa shape index (κ3) is 2.31. The molecule has 100 valence electrons. The number of carbonyl (C=O) groups excluding carboxylic acids is 1. The van der Waals surface area contributed by atoms with Crippen LogP contribution in [0.5, 0.6) is 0 Å². The van der Waals surface area contributed by atoms with Crippen LogP contribution in [0.4, 0.5) is 5.69 Å². The van der Waals surface area contributed by atoms with Crippen molar-refractivity contribution in [2.75, 3.05) is 0 Å². The molecule has 1 fully saturated rings. The number of nitrogens with zero attached hydrogens (tertiary/aromatic N) is 1. The van der Waals surface area contributed by atoms with Gasteiger partial charge in [-0.25, -0.2) is 0 Å². The Morgan fingerprint density at radius 3 is 2.30 bits per heavy atom. The molecule has 0 bridgehead atoms. The van der Waals surface area contributed by atoms with Gasteiger partial charge in [-0.15, -0.1) is 0 Å². The van der Waals surface area contributed by atoms with Crippen molar-refractivity contribution in [1.29, 1.82) is 0 Å². The standard InChI is InChI=1S/C15H11NO4/c17-13(10-4-2-1-3-5-10)15-14(20-15)11-6-8-12(9-7-11)16(18)19/h1-9,14-15H/t14-,15+/m1/s1. The van der Waals surface area contributed by atoms with Crippen LogP contribution in [0.2, 0.25) is 0 Å². The predicted octanol–water partition coefficient (Wildman–Crippen LogP) is 2.92. The molecule has 1 aliphatic heterocycles. The fourth-order valence-electron chi connectivity index (χ4n) is 2.12. The summed E-state index contributed by atoms with van der Waals surface area (Å²) in [5.41, 5.74) is 1.42. The summed E-state index contributed by atoms with van der Waals surface area (Å²) < 4.78 is 5.40. The van der Waals surface area contributed by atoms with Crippen LogP contribution in [-0.4, -0.2) is 16.8 Å². The van der Waals surface area contributed by atoms with E-state index in [0.29, 0.717) is 5.56 Å². The van der Waals surface area contributed by atoms with Crippen molar-refractivity contribution in [3.8, 4) is 0 Å². The summed E-state index contributed by atoms with van der Waals surface area (Å²) in [5, 5.41) is 10.6. The van der Waals surface area contributed by atoms with Gasteiger partial charge in [-0.3, -0.25) is 14.9 Å². The van der Waals surface area contributed by atoms with E-state index in [1.165, 1.54) is 12.1 Å². The first-order valence-electron chi connectivity index (χ1n) is 6.16. The van der Waals surface area contributed by atoms with Crippen molar-refractivity contribution in [3.63, 3.8) is 0 Å². The quantitative estimate of drug-likeness (QED) is 0.370. The number of carbonyl (C=O) groups is 1. The van der Waals surface area contributed by atoms with Gasteiger partial charge in [-0.1, -0.05) is 30.3 Å². The van der Waals surface area contributed by atoms with Crippen molar-refractivity contribution < 1.29 is 14.5 Å².